The molecular formula is C23H28N4O9. The number of carbonyl (C=O) groups is 3. The fraction of sp³-hybridized carbons (Fsp3) is 0.522. The first kappa shape index (κ1) is 25.4. The smallest absolute Gasteiger partial charge is 0.274 e. The molecule has 0 aromatic heterocycles. The van der Waals surface area contributed by atoms with Crippen LogP contribution in [0.2, 0.25) is 0 Å². The van der Waals surface area contributed by atoms with Gasteiger partial charge >= 0.3 is 0 Å². The molecule has 0 aliphatic heterocycles. The molecule has 6 N–H and O–H groups in total. The number of carbonyl (C=O) groups excluding carboxylic acids is 3. The summed E-state index contributed by atoms with van der Waals surface area (Å²) in [6.07, 6.45) is -0.118. The summed E-state index contributed by atoms with van der Waals surface area (Å²) in [5.41, 5.74) is 1.81. The third-order valence-corrected chi connectivity index (χ3v) is 7.72. The van der Waals surface area contributed by atoms with Crippen LogP contribution >= 0.6 is 0 Å². The van der Waals surface area contributed by atoms with Crippen LogP contribution in [-0.4, -0.2) is 98.5 Å². The normalized spacial score (nSPS) is 32.5. The molecule has 0 saturated heterocycles. The van der Waals surface area contributed by atoms with Crippen LogP contribution in [0.25, 0.3) is 0 Å². The van der Waals surface area contributed by atoms with Gasteiger partial charge in [-0.25, -0.2) is 0 Å². The number of nitro groups is 1. The van der Waals surface area contributed by atoms with Crippen LogP contribution in [0, 0.1) is 22.0 Å². The molecular weight excluding hydrogens is 476 g/mol. The summed E-state index contributed by atoms with van der Waals surface area (Å²) in [7, 11) is 6.40. The molecule has 1 amide bonds. The second kappa shape index (κ2) is 8.17. The first-order valence-corrected chi connectivity index (χ1v) is 11.3. The van der Waals surface area contributed by atoms with Crippen LogP contribution in [0.15, 0.2) is 45.3 Å². The first-order chi connectivity index (χ1) is 16.7. The Balaban J connectivity index is 1.98. The minimum absolute atomic E-state index is 0.0523. The number of nitrogens with zero attached hydrogens (tertiary/aromatic N) is 3. The van der Waals surface area contributed by atoms with Crippen molar-refractivity contribution in [3.63, 3.8) is 0 Å². The quantitative estimate of drug-likeness (QED) is 0.189. The van der Waals surface area contributed by atoms with Gasteiger partial charge in [0.2, 0.25) is 5.78 Å². The monoisotopic (exact) mass is 504 g/mol. The van der Waals surface area contributed by atoms with E-state index < -0.39 is 74.8 Å². The van der Waals surface area contributed by atoms with Crippen LogP contribution < -0.4 is 5.73 Å². The molecule has 0 spiro atoms. The summed E-state index contributed by atoms with van der Waals surface area (Å²) >= 11 is 0. The lowest BCUT2D eigenvalue weighted by Gasteiger charge is -2.50. The predicted molar refractivity (Wildman–Crippen MR) is 123 cm³/mol. The number of likely N-dealkylation sites (N-methyl/N-ethyl adjacent to an activating group) is 1. The van der Waals surface area contributed by atoms with E-state index in [2.05, 4.69) is 0 Å². The standard InChI is InChI=1S/C23H28N4O9/c1-25(2)11-7-12(27(35)36)17(28)14-9(11)5-8-6-10-16(26(3)4)19(30)15(22(24)33)21(32)23(10,34)20(31)13(8)18(14)29/h8,10,12,16,28,30-31,34H,5-7H2,1-4H3,(H2,24,33)/t8-,10-,12?,16-,23-/m0/s1. The molecule has 36 heavy (non-hydrogen) atoms. The van der Waals surface area contributed by atoms with Crippen molar-refractivity contribution in [3.8, 4) is 0 Å². The van der Waals surface area contributed by atoms with E-state index in [1.807, 2.05) is 0 Å². The molecule has 0 bridgehead atoms. The SMILES string of the molecule is CN(C)C1=C2C[C@H]3C[C@H]4[C@H](N(C)C)C(O)=C(C(N)=O)C(=O)[C@@]4(O)C(O)=C3C(=O)C2=C(O)C([N+](=O)[O-])C1. The second-order valence-electron chi connectivity index (χ2n) is 10.0. The third-order valence-electron chi connectivity index (χ3n) is 7.72. The van der Waals surface area contributed by atoms with Gasteiger partial charge in [0, 0.05) is 36.2 Å². The van der Waals surface area contributed by atoms with Gasteiger partial charge in [0.15, 0.2) is 17.1 Å². The molecule has 0 heterocycles. The lowest BCUT2D eigenvalue weighted by Crippen LogP contribution is -2.63. The number of aliphatic hydroxyl groups excluding tert-OH is 3. The second-order valence-corrected chi connectivity index (χ2v) is 10.0. The summed E-state index contributed by atoms with van der Waals surface area (Å²) in [5.74, 6) is -7.88. The van der Waals surface area contributed by atoms with Crippen molar-refractivity contribution >= 4 is 17.5 Å². The largest absolute Gasteiger partial charge is 0.510 e. The number of hydrogen-bond donors (Lipinski definition) is 5. The van der Waals surface area contributed by atoms with Gasteiger partial charge in [0.05, 0.1) is 18.0 Å². The van der Waals surface area contributed by atoms with Crippen LogP contribution in [0.3, 0.4) is 0 Å². The summed E-state index contributed by atoms with van der Waals surface area (Å²) < 4.78 is 0. The highest BCUT2D eigenvalue weighted by atomic mass is 16.6. The number of nitrogens with two attached hydrogens (primary N) is 1. The van der Waals surface area contributed by atoms with Gasteiger partial charge in [-0.15, -0.1) is 0 Å². The first-order valence-electron chi connectivity index (χ1n) is 11.3. The number of fused-ring (bicyclic) bond motifs is 3. The Labute approximate surface area is 205 Å². The molecule has 13 heteroatoms. The number of aliphatic hydroxyl groups is 4. The Kier molecular flexibility index (Phi) is 5.76. The van der Waals surface area contributed by atoms with Crippen LogP contribution in [0.5, 0.6) is 0 Å². The number of primary amides is 1. The number of allylic oxidation sites excluding steroid dienone is 3. The van der Waals surface area contributed by atoms with Crippen molar-refractivity contribution in [1.82, 2.24) is 9.80 Å². The summed E-state index contributed by atoms with van der Waals surface area (Å²) in [6, 6.07) is -2.67. The fourth-order valence-corrected chi connectivity index (χ4v) is 6.12. The number of hydrogen-bond acceptors (Lipinski definition) is 11. The van der Waals surface area contributed by atoms with Crippen LogP contribution in [0.1, 0.15) is 19.3 Å². The maximum absolute atomic E-state index is 13.7. The Hall–Kier alpha value is -3.71. The van der Waals surface area contributed by atoms with Gasteiger partial charge < -0.3 is 31.1 Å². The van der Waals surface area contributed by atoms with Gasteiger partial charge in [-0.3, -0.25) is 29.4 Å². The Morgan fingerprint density at radius 2 is 1.72 bits per heavy atom. The highest BCUT2D eigenvalue weighted by molar-refractivity contribution is 6.24. The third kappa shape index (κ3) is 3.19. The Bertz CT molecular complexity index is 1240. The van der Waals surface area contributed by atoms with E-state index >= 15 is 0 Å². The Morgan fingerprint density at radius 1 is 1.11 bits per heavy atom. The van der Waals surface area contributed by atoms with E-state index in [0.29, 0.717) is 11.3 Å². The van der Waals surface area contributed by atoms with Gasteiger partial charge in [0.1, 0.15) is 17.1 Å². The zero-order chi connectivity index (χ0) is 27.0. The molecule has 5 atom stereocenters. The highest BCUT2D eigenvalue weighted by Crippen LogP contribution is 2.54. The number of Topliss-reactive ketones (excluding diaryl/α,β-unsaturated/α-hetero) is 2. The zero-order valence-electron chi connectivity index (χ0n) is 20.2. The van der Waals surface area contributed by atoms with Crippen molar-refractivity contribution in [2.24, 2.45) is 17.6 Å². The topological polar surface area (TPSA) is 208 Å². The maximum atomic E-state index is 13.7. The molecule has 4 aliphatic rings. The van der Waals surface area contributed by atoms with Crippen molar-refractivity contribution < 1.29 is 39.7 Å². The number of ketones is 2. The Morgan fingerprint density at radius 3 is 2.22 bits per heavy atom. The van der Waals surface area contributed by atoms with Crippen LogP contribution in [-0.2, 0) is 14.4 Å². The minimum Gasteiger partial charge on any atom is -0.510 e. The van der Waals surface area contributed by atoms with Gasteiger partial charge in [-0.2, -0.15) is 0 Å². The summed E-state index contributed by atoms with van der Waals surface area (Å²) in [6.45, 7) is 0. The van der Waals surface area contributed by atoms with E-state index in [9.17, 15) is 44.9 Å². The molecule has 13 nitrogen and oxygen atoms in total. The van der Waals surface area contributed by atoms with Gasteiger partial charge in [0.25, 0.3) is 11.9 Å². The average Bonchev–Trinajstić information content (AvgIpc) is 2.75. The van der Waals surface area contributed by atoms with Crippen molar-refractivity contribution in [3.05, 3.63) is 55.4 Å². The lowest BCUT2D eigenvalue weighted by atomic mass is 9.57. The molecule has 194 valence electrons. The molecule has 1 unspecified atom stereocenters. The average molecular weight is 504 g/mol. The molecule has 0 radical (unpaired) electrons. The van der Waals surface area contributed by atoms with Crippen LogP contribution in [0.4, 0.5) is 0 Å². The molecule has 0 aromatic rings. The number of rotatable bonds is 4. The molecule has 4 aliphatic carbocycles. The van der Waals surface area contributed by atoms with Crippen molar-refractivity contribution in [2.45, 2.75) is 36.9 Å². The van der Waals surface area contributed by atoms with E-state index in [4.69, 9.17) is 5.73 Å². The van der Waals surface area contributed by atoms with E-state index in [1.54, 1.807) is 33.1 Å². The van der Waals surface area contributed by atoms with Crippen molar-refractivity contribution in [1.29, 1.82) is 0 Å². The van der Waals surface area contributed by atoms with E-state index in [-0.39, 0.29) is 30.4 Å². The van der Waals surface area contributed by atoms with E-state index in [1.165, 1.54) is 4.90 Å². The minimum atomic E-state index is -2.76. The maximum Gasteiger partial charge on any atom is 0.274 e. The van der Waals surface area contributed by atoms with Gasteiger partial charge in [-0.1, -0.05) is 0 Å². The molecule has 1 fully saturated rings. The molecule has 1 saturated carbocycles. The van der Waals surface area contributed by atoms with E-state index in [0.717, 1.165) is 0 Å². The lowest BCUT2D eigenvalue weighted by molar-refractivity contribution is -0.516. The molecule has 0 aromatic carbocycles. The van der Waals surface area contributed by atoms with Crippen molar-refractivity contribution in [2.75, 3.05) is 28.2 Å². The number of amides is 1. The van der Waals surface area contributed by atoms with Gasteiger partial charge in [-0.05, 0) is 38.4 Å². The highest BCUT2D eigenvalue weighted by Gasteiger charge is 2.63. The predicted octanol–water partition coefficient (Wildman–Crippen LogP) is -0.374. The molecule has 4 rings (SSSR count). The zero-order valence-corrected chi connectivity index (χ0v) is 20.2. The fourth-order valence-electron chi connectivity index (χ4n) is 6.12. The summed E-state index contributed by atoms with van der Waals surface area (Å²) in [4.78, 5) is 52.9. The summed E-state index contributed by atoms with van der Waals surface area (Å²) in [5, 5.41) is 55.9.